The van der Waals surface area contributed by atoms with Crippen molar-refractivity contribution in [1.29, 1.82) is 0 Å². The number of ether oxygens (including phenoxy) is 1. The maximum atomic E-state index is 5.41. The van der Waals surface area contributed by atoms with Crippen molar-refractivity contribution in [3.8, 4) is 17.1 Å². The van der Waals surface area contributed by atoms with Crippen molar-refractivity contribution in [2.75, 3.05) is 7.11 Å². The highest BCUT2D eigenvalue weighted by atomic mass is 32.2. The van der Waals surface area contributed by atoms with Crippen molar-refractivity contribution >= 4 is 18.0 Å². The molecule has 6 heteroatoms. The molecule has 1 aliphatic heterocycles. The van der Waals surface area contributed by atoms with E-state index >= 15 is 0 Å². The second kappa shape index (κ2) is 5.61. The van der Waals surface area contributed by atoms with Crippen LogP contribution in [0.25, 0.3) is 11.4 Å². The van der Waals surface area contributed by atoms with Crippen LogP contribution in [0.1, 0.15) is 20.8 Å². The van der Waals surface area contributed by atoms with Crippen molar-refractivity contribution in [3.05, 3.63) is 35.2 Å². The fraction of sp³-hybridized carbons (Fsp3) is 0.312. The smallest absolute Gasteiger partial charge is 0.216 e. The van der Waals surface area contributed by atoms with E-state index in [0.29, 0.717) is 5.82 Å². The van der Waals surface area contributed by atoms with Gasteiger partial charge in [-0.2, -0.15) is 9.78 Å². The van der Waals surface area contributed by atoms with Gasteiger partial charge in [-0.1, -0.05) is 44.7 Å². The number of aromatic nitrogens is 3. The summed E-state index contributed by atoms with van der Waals surface area (Å²) in [4.78, 5) is 1.20. The number of hydrogen-bond donors (Lipinski definition) is 0. The normalized spacial score (nSPS) is 14.3. The Hall–Kier alpha value is -2.08. The third kappa shape index (κ3) is 2.66. The Kier molecular flexibility index (Phi) is 3.78. The van der Waals surface area contributed by atoms with Gasteiger partial charge in [0, 0.05) is 6.21 Å². The van der Waals surface area contributed by atoms with Gasteiger partial charge in [-0.15, -0.1) is 10.2 Å². The Morgan fingerprint density at radius 2 is 1.91 bits per heavy atom. The maximum Gasteiger partial charge on any atom is 0.216 e. The van der Waals surface area contributed by atoms with E-state index in [2.05, 4.69) is 36.1 Å². The highest BCUT2D eigenvalue weighted by Gasteiger charge is 2.24. The molecule has 1 aromatic heterocycles. The summed E-state index contributed by atoms with van der Waals surface area (Å²) in [6, 6.07) is 7.74. The predicted molar refractivity (Wildman–Crippen MR) is 89.3 cm³/mol. The predicted octanol–water partition coefficient (Wildman–Crippen LogP) is 3.82. The van der Waals surface area contributed by atoms with Crippen LogP contribution in [0.5, 0.6) is 5.75 Å². The molecule has 114 valence electrons. The Morgan fingerprint density at radius 1 is 1.14 bits per heavy atom. The Balaban J connectivity index is 2.06. The van der Waals surface area contributed by atoms with Gasteiger partial charge in [-0.05, 0) is 28.5 Å². The number of allylic oxidation sites excluding steroid dienone is 2. The molecule has 0 fully saturated rings. The summed E-state index contributed by atoms with van der Waals surface area (Å²) in [7, 11) is 1.65. The van der Waals surface area contributed by atoms with Crippen LogP contribution in [-0.4, -0.2) is 28.2 Å². The minimum Gasteiger partial charge on any atom is -0.496 e. The van der Waals surface area contributed by atoms with Gasteiger partial charge in [-0.3, -0.25) is 0 Å². The molecule has 2 heterocycles. The summed E-state index contributed by atoms with van der Waals surface area (Å²) >= 11 is 1.60. The van der Waals surface area contributed by atoms with E-state index in [1.165, 1.54) is 4.91 Å². The van der Waals surface area contributed by atoms with E-state index in [9.17, 15) is 0 Å². The highest BCUT2D eigenvalue weighted by molar-refractivity contribution is 8.03. The fourth-order valence-electron chi connectivity index (χ4n) is 2.13. The minimum absolute atomic E-state index is 0.0441. The van der Waals surface area contributed by atoms with Gasteiger partial charge in [0.1, 0.15) is 5.75 Å². The number of methoxy groups -OCH3 is 1. The van der Waals surface area contributed by atoms with E-state index in [-0.39, 0.29) is 5.41 Å². The molecule has 0 spiro atoms. The van der Waals surface area contributed by atoms with E-state index in [1.807, 2.05) is 30.3 Å². The molecule has 0 amide bonds. The van der Waals surface area contributed by atoms with Gasteiger partial charge < -0.3 is 4.74 Å². The average Bonchev–Trinajstić information content (AvgIpc) is 2.75. The molecule has 3 rings (SSSR count). The molecule has 0 aliphatic carbocycles. The van der Waals surface area contributed by atoms with Crippen LogP contribution < -0.4 is 4.74 Å². The molecular formula is C16H18N4OS. The fourth-order valence-corrected chi connectivity index (χ4v) is 3.07. The van der Waals surface area contributed by atoms with E-state index < -0.39 is 0 Å². The summed E-state index contributed by atoms with van der Waals surface area (Å²) in [6.07, 6.45) is 3.83. The molecule has 0 radical (unpaired) electrons. The molecule has 2 aromatic rings. The second-order valence-corrected chi connectivity index (χ2v) is 6.97. The Labute approximate surface area is 134 Å². The average molecular weight is 314 g/mol. The summed E-state index contributed by atoms with van der Waals surface area (Å²) in [6.45, 7) is 6.52. The molecule has 0 bridgehead atoms. The summed E-state index contributed by atoms with van der Waals surface area (Å²) in [5.41, 5.74) is 0.920. The topological polar surface area (TPSA) is 52.3 Å². The van der Waals surface area contributed by atoms with Gasteiger partial charge in [0.15, 0.2) is 5.82 Å². The first kappa shape index (κ1) is 14.8. The number of nitrogens with zero attached hydrogens (tertiary/aromatic N) is 4. The monoisotopic (exact) mass is 314 g/mol. The zero-order valence-electron chi connectivity index (χ0n) is 13.1. The molecule has 5 nitrogen and oxygen atoms in total. The van der Waals surface area contributed by atoms with E-state index in [4.69, 9.17) is 4.74 Å². The number of thioether (sulfide) groups is 1. The van der Waals surface area contributed by atoms with Crippen LogP contribution in [0.3, 0.4) is 0 Å². The van der Waals surface area contributed by atoms with Crippen LogP contribution in [0.2, 0.25) is 0 Å². The first-order chi connectivity index (χ1) is 10.5. The molecule has 0 saturated heterocycles. The molecule has 1 aromatic carbocycles. The molecular weight excluding hydrogens is 296 g/mol. The lowest BCUT2D eigenvalue weighted by atomic mass is 9.96. The van der Waals surface area contributed by atoms with Crippen molar-refractivity contribution in [3.63, 3.8) is 0 Å². The van der Waals surface area contributed by atoms with Crippen LogP contribution in [0, 0.1) is 5.41 Å². The SMILES string of the molecule is COc1ccccc1-c1nnc2n1N=CC=C(C(C)(C)C)S2. The van der Waals surface area contributed by atoms with Crippen molar-refractivity contribution < 1.29 is 4.74 Å². The van der Waals surface area contributed by atoms with Crippen molar-refractivity contribution in [1.82, 2.24) is 14.9 Å². The van der Waals surface area contributed by atoms with Crippen LogP contribution >= 0.6 is 11.8 Å². The highest BCUT2D eigenvalue weighted by Crippen LogP contribution is 2.40. The van der Waals surface area contributed by atoms with Crippen LogP contribution in [0.4, 0.5) is 0 Å². The molecule has 0 saturated carbocycles. The van der Waals surface area contributed by atoms with Gasteiger partial charge >= 0.3 is 0 Å². The second-order valence-electron chi connectivity index (χ2n) is 5.97. The van der Waals surface area contributed by atoms with Gasteiger partial charge in [0.05, 0.1) is 12.7 Å². The number of rotatable bonds is 2. The molecule has 0 atom stereocenters. The molecule has 0 unspecified atom stereocenters. The summed E-state index contributed by atoms with van der Waals surface area (Å²) < 4.78 is 7.18. The number of fused-ring (bicyclic) bond motifs is 1. The van der Waals surface area contributed by atoms with Gasteiger partial charge in [0.25, 0.3) is 0 Å². The minimum atomic E-state index is 0.0441. The largest absolute Gasteiger partial charge is 0.496 e. The summed E-state index contributed by atoms with van der Waals surface area (Å²) in [5.74, 6) is 1.44. The maximum absolute atomic E-state index is 5.41. The molecule has 0 N–H and O–H groups in total. The number of para-hydroxylation sites is 1. The zero-order chi connectivity index (χ0) is 15.7. The lowest BCUT2D eigenvalue weighted by molar-refractivity contribution is 0.416. The first-order valence-electron chi connectivity index (χ1n) is 7.02. The first-order valence-corrected chi connectivity index (χ1v) is 7.84. The zero-order valence-corrected chi connectivity index (χ0v) is 13.9. The van der Waals surface area contributed by atoms with Crippen LogP contribution in [-0.2, 0) is 0 Å². The Bertz CT molecular complexity index is 756. The van der Waals surface area contributed by atoms with Crippen molar-refractivity contribution in [2.45, 2.75) is 25.9 Å². The third-order valence-electron chi connectivity index (χ3n) is 3.31. The Morgan fingerprint density at radius 3 is 2.64 bits per heavy atom. The lowest BCUT2D eigenvalue weighted by Crippen LogP contribution is -2.06. The molecule has 1 aliphatic rings. The summed E-state index contributed by atoms with van der Waals surface area (Å²) in [5, 5.41) is 13.8. The van der Waals surface area contributed by atoms with Gasteiger partial charge in [0.2, 0.25) is 5.16 Å². The lowest BCUT2D eigenvalue weighted by Gasteiger charge is -2.20. The quantitative estimate of drug-likeness (QED) is 0.845. The van der Waals surface area contributed by atoms with Gasteiger partial charge in [-0.25, -0.2) is 0 Å². The van der Waals surface area contributed by atoms with E-state index in [0.717, 1.165) is 16.5 Å². The number of benzene rings is 1. The standard InChI is InChI=1S/C16H18N4OS/c1-16(2,3)13-9-10-17-20-14(18-19-15(20)22-13)11-7-5-6-8-12(11)21-4/h5-10H,1-4H3. The van der Waals surface area contributed by atoms with Crippen molar-refractivity contribution in [2.24, 2.45) is 10.5 Å². The third-order valence-corrected chi connectivity index (χ3v) is 4.71. The van der Waals surface area contributed by atoms with Crippen LogP contribution in [0.15, 0.2) is 45.5 Å². The van der Waals surface area contributed by atoms with E-state index in [1.54, 1.807) is 29.8 Å². The molecule has 22 heavy (non-hydrogen) atoms. The number of hydrogen-bond acceptors (Lipinski definition) is 5.